The molecule has 3 aromatic rings. The molecule has 0 radical (unpaired) electrons. The van der Waals surface area contributed by atoms with Gasteiger partial charge in [0.1, 0.15) is 23.2 Å². The number of carboxylic acid groups (broad SMARTS) is 1. The molecule has 0 atom stereocenters. The highest BCUT2D eigenvalue weighted by atomic mass is 16.4. The highest BCUT2D eigenvalue weighted by molar-refractivity contribution is 6.09. The lowest BCUT2D eigenvalue weighted by molar-refractivity contribution is -0.112. The minimum Gasteiger partial charge on any atom is -0.478 e. The zero-order valence-electron chi connectivity index (χ0n) is 15.9. The maximum atomic E-state index is 12.4. The van der Waals surface area contributed by atoms with Gasteiger partial charge in [-0.15, -0.1) is 0 Å². The van der Waals surface area contributed by atoms with Crippen molar-refractivity contribution in [3.8, 4) is 17.4 Å². The van der Waals surface area contributed by atoms with E-state index in [1.54, 1.807) is 36.4 Å². The van der Waals surface area contributed by atoms with E-state index in [1.807, 2.05) is 32.0 Å². The first kappa shape index (κ1) is 19.6. The third-order valence-corrected chi connectivity index (χ3v) is 4.47. The smallest absolute Gasteiger partial charge is 0.336 e. The highest BCUT2D eigenvalue weighted by Crippen LogP contribution is 2.27. The van der Waals surface area contributed by atoms with Gasteiger partial charge in [-0.2, -0.15) is 5.26 Å². The van der Waals surface area contributed by atoms with Crippen LogP contribution in [0.2, 0.25) is 0 Å². The van der Waals surface area contributed by atoms with E-state index < -0.39 is 11.9 Å². The third-order valence-electron chi connectivity index (χ3n) is 4.47. The Hall–Kier alpha value is -4.11. The molecule has 0 saturated heterocycles. The summed E-state index contributed by atoms with van der Waals surface area (Å²) in [6.45, 7) is 3.91. The number of aromatic carboxylic acids is 1. The molecule has 1 heterocycles. The number of nitrogens with zero attached hydrogens (tertiary/aromatic N) is 1. The summed E-state index contributed by atoms with van der Waals surface area (Å²) in [5.74, 6) is -1.02. The Labute approximate surface area is 167 Å². The summed E-state index contributed by atoms with van der Waals surface area (Å²) in [5, 5.41) is 21.4. The molecule has 0 saturated carbocycles. The number of nitrogens with one attached hydrogen (secondary N) is 1. The molecule has 0 fully saturated rings. The molecule has 1 amide bonds. The summed E-state index contributed by atoms with van der Waals surface area (Å²) in [6.07, 6.45) is 1.32. The lowest BCUT2D eigenvalue weighted by Crippen LogP contribution is -2.13. The number of hydrogen-bond acceptors (Lipinski definition) is 4. The molecule has 3 rings (SSSR count). The van der Waals surface area contributed by atoms with Crippen molar-refractivity contribution < 1.29 is 19.1 Å². The van der Waals surface area contributed by atoms with Gasteiger partial charge in [0, 0.05) is 17.3 Å². The lowest BCUT2D eigenvalue weighted by Gasteiger charge is -2.07. The molecule has 0 aliphatic carbocycles. The van der Waals surface area contributed by atoms with Crippen LogP contribution < -0.4 is 5.32 Å². The molecular formula is C23H18N2O4. The SMILES string of the molecule is Cc1ccc(NC(=O)/C(C#N)=C/c2ccc(-c3ccccc3C(=O)O)o2)cc1C. The summed E-state index contributed by atoms with van der Waals surface area (Å²) in [5.41, 5.74) is 3.11. The first-order chi connectivity index (χ1) is 13.9. The highest BCUT2D eigenvalue weighted by Gasteiger charge is 2.15. The van der Waals surface area contributed by atoms with Crippen LogP contribution in [-0.4, -0.2) is 17.0 Å². The molecule has 2 aromatic carbocycles. The van der Waals surface area contributed by atoms with Crippen molar-refractivity contribution in [2.75, 3.05) is 5.32 Å². The second-order valence-corrected chi connectivity index (χ2v) is 6.48. The second kappa shape index (κ2) is 8.28. The average molecular weight is 386 g/mol. The van der Waals surface area contributed by atoms with Crippen molar-refractivity contribution >= 4 is 23.6 Å². The number of aryl methyl sites for hydroxylation is 2. The van der Waals surface area contributed by atoms with E-state index in [9.17, 15) is 20.0 Å². The molecule has 0 bridgehead atoms. The molecular weight excluding hydrogens is 368 g/mol. The van der Waals surface area contributed by atoms with Crippen LogP contribution in [0.1, 0.15) is 27.2 Å². The normalized spacial score (nSPS) is 11.0. The van der Waals surface area contributed by atoms with Crippen LogP contribution in [0.25, 0.3) is 17.4 Å². The first-order valence-corrected chi connectivity index (χ1v) is 8.82. The number of benzene rings is 2. The van der Waals surface area contributed by atoms with E-state index in [-0.39, 0.29) is 16.9 Å². The Morgan fingerprint density at radius 2 is 1.83 bits per heavy atom. The second-order valence-electron chi connectivity index (χ2n) is 6.48. The van der Waals surface area contributed by atoms with Gasteiger partial charge in [-0.25, -0.2) is 4.79 Å². The van der Waals surface area contributed by atoms with Crippen molar-refractivity contribution in [2.24, 2.45) is 0 Å². The minimum absolute atomic E-state index is 0.102. The summed E-state index contributed by atoms with van der Waals surface area (Å²) in [7, 11) is 0. The Balaban J connectivity index is 1.85. The molecule has 6 nitrogen and oxygen atoms in total. The van der Waals surface area contributed by atoms with Crippen LogP contribution in [0.4, 0.5) is 5.69 Å². The maximum Gasteiger partial charge on any atom is 0.336 e. The summed E-state index contributed by atoms with van der Waals surface area (Å²) < 4.78 is 5.66. The van der Waals surface area contributed by atoms with Crippen LogP contribution in [0.15, 0.2) is 64.6 Å². The van der Waals surface area contributed by atoms with E-state index in [2.05, 4.69) is 5.32 Å². The van der Waals surface area contributed by atoms with Gasteiger partial charge in [-0.3, -0.25) is 4.79 Å². The van der Waals surface area contributed by atoms with Crippen molar-refractivity contribution in [1.82, 2.24) is 0 Å². The van der Waals surface area contributed by atoms with E-state index in [1.165, 1.54) is 12.1 Å². The van der Waals surface area contributed by atoms with Crippen molar-refractivity contribution in [1.29, 1.82) is 5.26 Å². The van der Waals surface area contributed by atoms with Gasteiger partial charge in [0.05, 0.1) is 5.56 Å². The fourth-order valence-electron chi connectivity index (χ4n) is 2.77. The van der Waals surface area contributed by atoms with Gasteiger partial charge >= 0.3 is 5.97 Å². The van der Waals surface area contributed by atoms with Gasteiger partial charge in [-0.05, 0) is 55.3 Å². The molecule has 6 heteroatoms. The van der Waals surface area contributed by atoms with Crippen LogP contribution in [0.5, 0.6) is 0 Å². The van der Waals surface area contributed by atoms with E-state index in [0.717, 1.165) is 11.1 Å². The van der Waals surface area contributed by atoms with Crippen molar-refractivity contribution in [3.05, 3.63) is 82.6 Å². The van der Waals surface area contributed by atoms with E-state index in [0.29, 0.717) is 17.0 Å². The molecule has 144 valence electrons. The third kappa shape index (κ3) is 4.42. The monoisotopic (exact) mass is 386 g/mol. The number of amides is 1. The standard InChI is InChI=1S/C23H18N2O4/c1-14-7-8-17(11-15(14)2)25-22(26)16(13-24)12-18-9-10-21(29-18)19-5-3-4-6-20(19)23(27)28/h3-12H,1-2H3,(H,25,26)(H,27,28)/b16-12+. The van der Waals surface area contributed by atoms with Crippen LogP contribution in [0.3, 0.4) is 0 Å². The number of hydrogen-bond donors (Lipinski definition) is 2. The predicted molar refractivity (Wildman–Crippen MR) is 109 cm³/mol. The maximum absolute atomic E-state index is 12.4. The summed E-state index contributed by atoms with van der Waals surface area (Å²) in [4.78, 5) is 23.8. The van der Waals surface area contributed by atoms with Crippen LogP contribution >= 0.6 is 0 Å². The Bertz CT molecular complexity index is 1170. The Kier molecular flexibility index (Phi) is 5.61. The van der Waals surface area contributed by atoms with Crippen molar-refractivity contribution in [2.45, 2.75) is 13.8 Å². The molecule has 2 N–H and O–H groups in total. The van der Waals surface area contributed by atoms with Gasteiger partial charge in [0.25, 0.3) is 5.91 Å². The molecule has 0 unspecified atom stereocenters. The number of carbonyl (C=O) groups excluding carboxylic acids is 1. The minimum atomic E-state index is -1.07. The van der Waals surface area contributed by atoms with E-state index in [4.69, 9.17) is 4.42 Å². The largest absolute Gasteiger partial charge is 0.478 e. The van der Waals surface area contributed by atoms with Gasteiger partial charge < -0.3 is 14.8 Å². The fraction of sp³-hybridized carbons (Fsp3) is 0.0870. The molecule has 29 heavy (non-hydrogen) atoms. The topological polar surface area (TPSA) is 103 Å². The number of carboxylic acids is 1. The number of nitriles is 1. The lowest BCUT2D eigenvalue weighted by atomic mass is 10.1. The number of anilines is 1. The molecule has 0 aliphatic rings. The van der Waals surface area contributed by atoms with Crippen LogP contribution in [0, 0.1) is 25.2 Å². The zero-order valence-corrected chi connectivity index (χ0v) is 15.9. The number of furan rings is 1. The number of carbonyl (C=O) groups is 2. The summed E-state index contributed by atoms with van der Waals surface area (Å²) in [6, 6.07) is 17.0. The predicted octanol–water partition coefficient (Wildman–Crippen LogP) is 4.81. The number of rotatable bonds is 5. The Morgan fingerprint density at radius 3 is 2.52 bits per heavy atom. The first-order valence-electron chi connectivity index (χ1n) is 8.82. The summed E-state index contributed by atoms with van der Waals surface area (Å²) >= 11 is 0. The van der Waals surface area contributed by atoms with Gasteiger partial charge in [-0.1, -0.05) is 24.3 Å². The molecule has 0 spiro atoms. The van der Waals surface area contributed by atoms with Gasteiger partial charge in [0.2, 0.25) is 0 Å². The fourth-order valence-corrected chi connectivity index (χ4v) is 2.77. The van der Waals surface area contributed by atoms with Gasteiger partial charge in [0.15, 0.2) is 0 Å². The van der Waals surface area contributed by atoms with Crippen molar-refractivity contribution in [3.63, 3.8) is 0 Å². The zero-order chi connectivity index (χ0) is 21.0. The molecule has 0 aliphatic heterocycles. The molecule has 1 aromatic heterocycles. The van der Waals surface area contributed by atoms with Crippen LogP contribution in [-0.2, 0) is 4.79 Å². The Morgan fingerprint density at radius 1 is 1.07 bits per heavy atom. The quantitative estimate of drug-likeness (QED) is 0.484. The van der Waals surface area contributed by atoms with E-state index >= 15 is 0 Å². The average Bonchev–Trinajstić information content (AvgIpc) is 3.17.